The quantitative estimate of drug-likeness (QED) is 0.845. The molecule has 0 saturated heterocycles. The summed E-state index contributed by atoms with van der Waals surface area (Å²) >= 11 is 0. The minimum atomic E-state index is -0.115. The molecule has 0 radical (unpaired) electrons. The summed E-state index contributed by atoms with van der Waals surface area (Å²) in [4.78, 5) is 12.2. The minimum Gasteiger partial charge on any atom is -0.497 e. The Kier molecular flexibility index (Phi) is 6.07. The molecule has 0 spiro atoms. The van der Waals surface area contributed by atoms with Crippen LogP contribution in [0.1, 0.15) is 29.8 Å². The van der Waals surface area contributed by atoms with E-state index in [1.54, 1.807) is 32.4 Å². The summed E-state index contributed by atoms with van der Waals surface area (Å²) in [6.07, 6.45) is 0. The Morgan fingerprint density at radius 3 is 2.46 bits per heavy atom. The lowest BCUT2D eigenvalue weighted by atomic mass is 10.1. The Labute approximate surface area is 142 Å². The van der Waals surface area contributed by atoms with Crippen molar-refractivity contribution >= 4 is 5.91 Å². The van der Waals surface area contributed by atoms with Gasteiger partial charge in [0.1, 0.15) is 23.9 Å². The lowest BCUT2D eigenvalue weighted by Gasteiger charge is -2.13. The fourth-order valence-electron chi connectivity index (χ4n) is 2.23. The van der Waals surface area contributed by atoms with E-state index in [0.29, 0.717) is 23.7 Å². The minimum absolute atomic E-state index is 0.0797. The highest BCUT2D eigenvalue weighted by Crippen LogP contribution is 2.24. The van der Waals surface area contributed by atoms with Crippen LogP contribution in [0.5, 0.6) is 17.2 Å². The van der Waals surface area contributed by atoms with E-state index in [2.05, 4.69) is 5.32 Å². The molecule has 0 heterocycles. The van der Waals surface area contributed by atoms with Crippen molar-refractivity contribution in [3.8, 4) is 17.2 Å². The summed E-state index contributed by atoms with van der Waals surface area (Å²) in [6.45, 7) is 4.14. The summed E-state index contributed by atoms with van der Waals surface area (Å²) < 4.78 is 16.3. The standard InChI is InChI=1S/C19H23NO4/c1-13(2)20-19(21)14-8-9-18(23-4)15(10-14)12-24-17-7-5-6-16(11-17)22-3/h5-11,13H,12H2,1-4H3,(H,20,21). The van der Waals surface area contributed by atoms with Crippen molar-refractivity contribution in [2.75, 3.05) is 14.2 Å². The Hall–Kier alpha value is -2.69. The predicted octanol–water partition coefficient (Wildman–Crippen LogP) is 3.42. The van der Waals surface area contributed by atoms with Gasteiger partial charge in [-0.1, -0.05) is 6.07 Å². The van der Waals surface area contributed by atoms with Crippen LogP contribution in [0.4, 0.5) is 0 Å². The molecule has 1 amide bonds. The first kappa shape index (κ1) is 17.7. The van der Waals surface area contributed by atoms with Crippen molar-refractivity contribution in [2.24, 2.45) is 0 Å². The summed E-state index contributed by atoms with van der Waals surface area (Å²) in [6, 6.07) is 12.8. The SMILES string of the molecule is COc1cccc(OCc2cc(C(=O)NC(C)C)ccc2OC)c1. The number of hydrogen-bond acceptors (Lipinski definition) is 4. The Balaban J connectivity index is 2.16. The zero-order valence-electron chi connectivity index (χ0n) is 14.5. The zero-order chi connectivity index (χ0) is 17.5. The molecule has 0 aromatic heterocycles. The van der Waals surface area contributed by atoms with E-state index in [1.807, 2.05) is 38.1 Å². The van der Waals surface area contributed by atoms with Gasteiger partial charge < -0.3 is 19.5 Å². The van der Waals surface area contributed by atoms with Crippen LogP contribution in [0.2, 0.25) is 0 Å². The maximum absolute atomic E-state index is 12.2. The number of carbonyl (C=O) groups excluding carboxylic acids is 1. The molecular weight excluding hydrogens is 306 g/mol. The molecular formula is C19H23NO4. The Morgan fingerprint density at radius 1 is 1.04 bits per heavy atom. The highest BCUT2D eigenvalue weighted by molar-refractivity contribution is 5.94. The second kappa shape index (κ2) is 8.24. The number of amides is 1. The maximum atomic E-state index is 12.2. The number of hydrogen-bond donors (Lipinski definition) is 1. The van der Waals surface area contributed by atoms with Gasteiger partial charge >= 0.3 is 0 Å². The normalized spacial score (nSPS) is 10.4. The predicted molar refractivity (Wildman–Crippen MR) is 92.9 cm³/mol. The van der Waals surface area contributed by atoms with Gasteiger partial charge in [-0.05, 0) is 44.2 Å². The molecule has 2 aromatic carbocycles. The molecule has 0 aliphatic carbocycles. The van der Waals surface area contributed by atoms with Crippen molar-refractivity contribution < 1.29 is 19.0 Å². The van der Waals surface area contributed by atoms with Gasteiger partial charge in [-0.2, -0.15) is 0 Å². The Morgan fingerprint density at radius 2 is 1.79 bits per heavy atom. The van der Waals surface area contributed by atoms with E-state index in [9.17, 15) is 4.79 Å². The van der Waals surface area contributed by atoms with Crippen molar-refractivity contribution in [2.45, 2.75) is 26.5 Å². The van der Waals surface area contributed by atoms with Crippen LogP contribution < -0.4 is 19.5 Å². The topological polar surface area (TPSA) is 56.8 Å². The van der Waals surface area contributed by atoms with Crippen molar-refractivity contribution in [1.82, 2.24) is 5.32 Å². The van der Waals surface area contributed by atoms with Gasteiger partial charge in [0, 0.05) is 23.2 Å². The van der Waals surface area contributed by atoms with Gasteiger partial charge in [0.05, 0.1) is 14.2 Å². The van der Waals surface area contributed by atoms with Gasteiger partial charge in [0.2, 0.25) is 0 Å². The van der Waals surface area contributed by atoms with Crippen LogP contribution in [0, 0.1) is 0 Å². The van der Waals surface area contributed by atoms with Crippen LogP contribution in [0.15, 0.2) is 42.5 Å². The average Bonchev–Trinajstić information content (AvgIpc) is 2.59. The first-order chi connectivity index (χ1) is 11.5. The molecule has 0 unspecified atom stereocenters. The summed E-state index contributed by atoms with van der Waals surface area (Å²) in [5.74, 6) is 1.98. The molecule has 0 aliphatic heterocycles. The molecule has 2 rings (SSSR count). The second-order valence-electron chi connectivity index (χ2n) is 5.62. The second-order valence-corrected chi connectivity index (χ2v) is 5.62. The molecule has 0 atom stereocenters. The molecule has 2 aromatic rings. The fraction of sp³-hybridized carbons (Fsp3) is 0.316. The monoisotopic (exact) mass is 329 g/mol. The average molecular weight is 329 g/mol. The van der Waals surface area contributed by atoms with E-state index in [0.717, 1.165) is 11.3 Å². The molecule has 0 fully saturated rings. The maximum Gasteiger partial charge on any atom is 0.251 e. The van der Waals surface area contributed by atoms with Crippen molar-refractivity contribution in [3.05, 3.63) is 53.6 Å². The molecule has 5 nitrogen and oxygen atoms in total. The van der Waals surface area contributed by atoms with Crippen LogP contribution in [0.3, 0.4) is 0 Å². The largest absolute Gasteiger partial charge is 0.497 e. The van der Waals surface area contributed by atoms with Gasteiger partial charge in [-0.15, -0.1) is 0 Å². The molecule has 0 saturated carbocycles. The van der Waals surface area contributed by atoms with E-state index in [-0.39, 0.29) is 11.9 Å². The summed E-state index contributed by atoms with van der Waals surface area (Å²) in [5, 5.41) is 2.88. The van der Waals surface area contributed by atoms with Gasteiger partial charge in [0.25, 0.3) is 5.91 Å². The van der Waals surface area contributed by atoms with Gasteiger partial charge in [0.15, 0.2) is 0 Å². The smallest absolute Gasteiger partial charge is 0.251 e. The van der Waals surface area contributed by atoms with Gasteiger partial charge in [-0.25, -0.2) is 0 Å². The number of rotatable bonds is 7. The van der Waals surface area contributed by atoms with Gasteiger partial charge in [-0.3, -0.25) is 4.79 Å². The zero-order valence-corrected chi connectivity index (χ0v) is 14.5. The summed E-state index contributed by atoms with van der Waals surface area (Å²) in [5.41, 5.74) is 1.38. The molecule has 1 N–H and O–H groups in total. The molecule has 0 aliphatic rings. The number of carbonyl (C=O) groups is 1. The van der Waals surface area contributed by atoms with E-state index in [1.165, 1.54) is 0 Å². The molecule has 128 valence electrons. The van der Waals surface area contributed by atoms with E-state index >= 15 is 0 Å². The highest BCUT2D eigenvalue weighted by Gasteiger charge is 2.12. The summed E-state index contributed by atoms with van der Waals surface area (Å²) in [7, 11) is 3.21. The number of methoxy groups -OCH3 is 2. The Bertz CT molecular complexity index is 698. The van der Waals surface area contributed by atoms with E-state index < -0.39 is 0 Å². The first-order valence-electron chi connectivity index (χ1n) is 7.78. The highest BCUT2D eigenvalue weighted by atomic mass is 16.5. The molecule has 24 heavy (non-hydrogen) atoms. The van der Waals surface area contributed by atoms with Crippen LogP contribution in [-0.2, 0) is 6.61 Å². The number of benzene rings is 2. The lowest BCUT2D eigenvalue weighted by molar-refractivity contribution is 0.0943. The number of ether oxygens (including phenoxy) is 3. The van der Waals surface area contributed by atoms with Crippen molar-refractivity contribution in [1.29, 1.82) is 0 Å². The third kappa shape index (κ3) is 4.65. The van der Waals surface area contributed by atoms with Crippen LogP contribution in [0.25, 0.3) is 0 Å². The first-order valence-corrected chi connectivity index (χ1v) is 7.78. The third-order valence-electron chi connectivity index (χ3n) is 3.40. The van der Waals surface area contributed by atoms with Crippen LogP contribution in [-0.4, -0.2) is 26.2 Å². The fourth-order valence-corrected chi connectivity index (χ4v) is 2.23. The van der Waals surface area contributed by atoms with Crippen molar-refractivity contribution in [3.63, 3.8) is 0 Å². The number of nitrogens with one attached hydrogen (secondary N) is 1. The third-order valence-corrected chi connectivity index (χ3v) is 3.40. The molecule has 5 heteroatoms. The molecule has 0 bridgehead atoms. The van der Waals surface area contributed by atoms with E-state index in [4.69, 9.17) is 14.2 Å². The van der Waals surface area contributed by atoms with Crippen LogP contribution >= 0.6 is 0 Å². The lowest BCUT2D eigenvalue weighted by Crippen LogP contribution is -2.30.